The highest BCUT2D eigenvalue weighted by molar-refractivity contribution is 6.41. The lowest BCUT2D eigenvalue weighted by molar-refractivity contribution is 0.0685. The van der Waals surface area contributed by atoms with Crippen molar-refractivity contribution < 1.29 is 35.0 Å². The number of benzene rings is 1. The third-order valence-corrected chi connectivity index (χ3v) is 4.15. The Bertz CT molecular complexity index is 666. The molecule has 9 nitrogen and oxygen atoms in total. The zero-order valence-electron chi connectivity index (χ0n) is 13.8. The van der Waals surface area contributed by atoms with Crippen LogP contribution in [0.25, 0.3) is 0 Å². The number of amidine groups is 1. The quantitative estimate of drug-likeness (QED) is 0.162. The number of carboxylic acids is 1. The maximum atomic E-state index is 11.5. The standard InChI is InChI=1S/C15H21BN2O7/c1-9(17-24)18-7-5-11(8-18)25-12-3-2-10(4-6-16(22)23)14(19)13(12)15(20)21/h2-3,11,19,22-24H,4-8H2,1H3,(H,20,21)/t11-/m0/s1. The zero-order chi connectivity index (χ0) is 18.6. The van der Waals surface area contributed by atoms with Crippen LogP contribution in [0.2, 0.25) is 6.32 Å². The number of carboxylic acid groups (broad SMARTS) is 1. The molecular formula is C15H21BN2O7. The summed E-state index contributed by atoms with van der Waals surface area (Å²) in [5.41, 5.74) is -0.0508. The molecule has 0 bridgehead atoms. The lowest BCUT2D eigenvalue weighted by Crippen LogP contribution is -2.29. The fourth-order valence-electron chi connectivity index (χ4n) is 2.77. The number of oxime groups is 1. The van der Waals surface area contributed by atoms with Gasteiger partial charge in [-0.1, -0.05) is 11.2 Å². The Kier molecular flexibility index (Phi) is 6.10. The van der Waals surface area contributed by atoms with Crippen LogP contribution < -0.4 is 4.74 Å². The van der Waals surface area contributed by atoms with Gasteiger partial charge in [0.2, 0.25) is 0 Å². The summed E-state index contributed by atoms with van der Waals surface area (Å²) in [4.78, 5) is 13.3. The Morgan fingerprint density at radius 3 is 2.76 bits per heavy atom. The van der Waals surface area contributed by atoms with E-state index in [4.69, 9.17) is 20.0 Å². The van der Waals surface area contributed by atoms with Crippen LogP contribution in [0.5, 0.6) is 11.5 Å². The first-order chi connectivity index (χ1) is 11.8. The second-order valence-electron chi connectivity index (χ2n) is 5.89. The molecule has 1 aliphatic rings. The van der Waals surface area contributed by atoms with Gasteiger partial charge in [0.05, 0.1) is 6.54 Å². The molecule has 1 atom stereocenters. The molecule has 136 valence electrons. The smallest absolute Gasteiger partial charge is 0.451 e. The Morgan fingerprint density at radius 2 is 2.16 bits per heavy atom. The fourth-order valence-corrected chi connectivity index (χ4v) is 2.77. The number of likely N-dealkylation sites (tertiary alicyclic amines) is 1. The van der Waals surface area contributed by atoms with Crippen LogP contribution in [-0.2, 0) is 6.42 Å². The van der Waals surface area contributed by atoms with Crippen molar-refractivity contribution in [3.8, 4) is 11.5 Å². The average molecular weight is 352 g/mol. The molecule has 0 saturated carbocycles. The number of hydrogen-bond acceptors (Lipinski definition) is 7. The highest BCUT2D eigenvalue weighted by Gasteiger charge is 2.28. The van der Waals surface area contributed by atoms with Gasteiger partial charge in [-0.05, 0) is 31.3 Å². The first kappa shape index (κ1) is 18.9. The van der Waals surface area contributed by atoms with E-state index in [1.54, 1.807) is 6.92 Å². The second kappa shape index (κ2) is 8.08. The summed E-state index contributed by atoms with van der Waals surface area (Å²) < 4.78 is 5.74. The van der Waals surface area contributed by atoms with Gasteiger partial charge in [0.15, 0.2) is 0 Å². The first-order valence-electron chi connectivity index (χ1n) is 7.88. The largest absolute Gasteiger partial charge is 0.507 e. The summed E-state index contributed by atoms with van der Waals surface area (Å²) >= 11 is 0. The van der Waals surface area contributed by atoms with Gasteiger partial charge in [0.25, 0.3) is 0 Å². The number of rotatable bonds is 6. The minimum absolute atomic E-state index is 0.0236. The summed E-state index contributed by atoms with van der Waals surface area (Å²) in [7, 11) is -1.54. The molecule has 1 aromatic carbocycles. The summed E-state index contributed by atoms with van der Waals surface area (Å²) in [6.07, 6.45) is 0.405. The van der Waals surface area contributed by atoms with Crippen LogP contribution in [-0.4, -0.2) is 68.5 Å². The van der Waals surface area contributed by atoms with Crippen LogP contribution in [0.4, 0.5) is 0 Å². The molecule has 25 heavy (non-hydrogen) atoms. The van der Waals surface area contributed by atoms with Gasteiger partial charge in [0.1, 0.15) is 29.0 Å². The summed E-state index contributed by atoms with van der Waals surface area (Å²) in [5, 5.41) is 49.4. The van der Waals surface area contributed by atoms with E-state index in [1.165, 1.54) is 12.1 Å². The number of aryl methyl sites for hydroxylation is 1. The highest BCUT2D eigenvalue weighted by atomic mass is 16.5. The predicted molar refractivity (Wildman–Crippen MR) is 89.3 cm³/mol. The zero-order valence-corrected chi connectivity index (χ0v) is 13.8. The van der Waals surface area contributed by atoms with Crippen molar-refractivity contribution in [1.82, 2.24) is 4.90 Å². The number of aromatic carboxylic acids is 1. The van der Waals surface area contributed by atoms with Gasteiger partial charge in [-0.3, -0.25) is 0 Å². The average Bonchev–Trinajstić information content (AvgIpc) is 3.01. The SMILES string of the molecule is CC(=NO)N1CC[C@H](Oc2ccc(CCB(O)O)c(O)c2C(=O)O)C1. The van der Waals surface area contributed by atoms with E-state index in [9.17, 15) is 15.0 Å². The summed E-state index contributed by atoms with van der Waals surface area (Å²) in [5.74, 6) is -1.27. The molecule has 1 aromatic rings. The van der Waals surface area contributed by atoms with E-state index in [2.05, 4.69) is 5.16 Å². The van der Waals surface area contributed by atoms with E-state index in [0.29, 0.717) is 30.9 Å². The van der Waals surface area contributed by atoms with Gasteiger partial charge in [0, 0.05) is 13.0 Å². The molecule has 0 aromatic heterocycles. The summed E-state index contributed by atoms with van der Waals surface area (Å²) in [6, 6.07) is 2.96. The van der Waals surface area contributed by atoms with E-state index in [1.807, 2.05) is 4.90 Å². The number of ether oxygens (including phenoxy) is 1. The molecule has 2 rings (SSSR count). The maximum absolute atomic E-state index is 11.5. The van der Waals surface area contributed by atoms with Gasteiger partial charge >= 0.3 is 13.1 Å². The van der Waals surface area contributed by atoms with Crippen LogP contribution in [0.3, 0.4) is 0 Å². The van der Waals surface area contributed by atoms with Crippen molar-refractivity contribution in [2.75, 3.05) is 13.1 Å². The monoisotopic (exact) mass is 352 g/mol. The molecule has 0 radical (unpaired) electrons. The van der Waals surface area contributed by atoms with E-state index < -0.39 is 18.8 Å². The van der Waals surface area contributed by atoms with Crippen LogP contribution in [0.15, 0.2) is 17.3 Å². The lowest BCUT2D eigenvalue weighted by atomic mass is 9.82. The topological polar surface area (TPSA) is 143 Å². The molecule has 0 spiro atoms. The van der Waals surface area contributed by atoms with Crippen molar-refractivity contribution >= 4 is 18.9 Å². The van der Waals surface area contributed by atoms with E-state index in [0.717, 1.165) is 0 Å². The molecule has 0 amide bonds. The number of nitrogens with zero attached hydrogens (tertiary/aromatic N) is 2. The van der Waals surface area contributed by atoms with Crippen molar-refractivity contribution in [3.63, 3.8) is 0 Å². The normalized spacial score (nSPS) is 17.6. The fraction of sp³-hybridized carbons (Fsp3) is 0.467. The highest BCUT2D eigenvalue weighted by Crippen LogP contribution is 2.33. The van der Waals surface area contributed by atoms with Gasteiger partial charge in [-0.15, -0.1) is 0 Å². The minimum Gasteiger partial charge on any atom is -0.507 e. The van der Waals surface area contributed by atoms with E-state index in [-0.39, 0.29) is 30.2 Å². The Hall–Kier alpha value is -2.46. The van der Waals surface area contributed by atoms with Gasteiger partial charge in [-0.25, -0.2) is 4.79 Å². The molecule has 5 N–H and O–H groups in total. The van der Waals surface area contributed by atoms with E-state index >= 15 is 0 Å². The summed E-state index contributed by atoms with van der Waals surface area (Å²) in [6.45, 7) is 2.71. The third kappa shape index (κ3) is 4.55. The van der Waals surface area contributed by atoms with Crippen LogP contribution >= 0.6 is 0 Å². The number of phenols is 1. The molecule has 10 heteroatoms. The molecule has 1 fully saturated rings. The molecule has 1 heterocycles. The van der Waals surface area contributed by atoms with Crippen molar-refractivity contribution in [3.05, 3.63) is 23.3 Å². The Morgan fingerprint density at radius 1 is 1.44 bits per heavy atom. The second-order valence-corrected chi connectivity index (χ2v) is 5.89. The van der Waals surface area contributed by atoms with Crippen molar-refractivity contribution in [1.29, 1.82) is 0 Å². The Labute approximate surface area is 144 Å². The number of carbonyl (C=O) groups is 1. The van der Waals surface area contributed by atoms with Gasteiger partial charge < -0.3 is 35.1 Å². The predicted octanol–water partition coefficient (Wildman–Crippen LogP) is 0.366. The van der Waals surface area contributed by atoms with Crippen molar-refractivity contribution in [2.45, 2.75) is 32.2 Å². The third-order valence-electron chi connectivity index (χ3n) is 4.15. The molecule has 1 aliphatic heterocycles. The van der Waals surface area contributed by atoms with Crippen molar-refractivity contribution in [2.24, 2.45) is 5.16 Å². The van der Waals surface area contributed by atoms with Gasteiger partial charge in [-0.2, -0.15) is 0 Å². The molecule has 1 saturated heterocycles. The number of hydrogen-bond donors (Lipinski definition) is 5. The Balaban J connectivity index is 2.18. The lowest BCUT2D eigenvalue weighted by Gasteiger charge is -2.19. The number of aromatic hydroxyl groups is 1. The molecule has 0 aliphatic carbocycles. The first-order valence-corrected chi connectivity index (χ1v) is 7.88. The molecular weight excluding hydrogens is 331 g/mol. The molecule has 0 unspecified atom stereocenters. The van der Waals surface area contributed by atoms with Crippen LogP contribution in [0.1, 0.15) is 29.3 Å². The van der Waals surface area contributed by atoms with Crippen LogP contribution in [0, 0.1) is 0 Å². The minimum atomic E-state index is -1.54. The maximum Gasteiger partial charge on any atom is 0.451 e.